The van der Waals surface area contributed by atoms with Gasteiger partial charge in [0.05, 0.1) is 5.69 Å². The van der Waals surface area contributed by atoms with E-state index in [4.69, 9.17) is 5.10 Å². The molecule has 0 amide bonds. The van der Waals surface area contributed by atoms with Crippen LogP contribution in [0.4, 0.5) is 10.2 Å². The van der Waals surface area contributed by atoms with Gasteiger partial charge in [-0.3, -0.25) is 0 Å². The van der Waals surface area contributed by atoms with E-state index >= 15 is 0 Å². The van der Waals surface area contributed by atoms with Crippen LogP contribution < -0.4 is 5.32 Å². The molecule has 0 spiro atoms. The molecule has 0 saturated heterocycles. The Balaban J connectivity index is 1.60. The molecule has 1 saturated carbocycles. The van der Waals surface area contributed by atoms with Crippen molar-refractivity contribution in [2.75, 3.05) is 11.9 Å². The number of aromatic nitrogens is 2. The Hall–Kier alpha value is -1.84. The smallest absolute Gasteiger partial charge is 0.151 e. The van der Waals surface area contributed by atoms with Crippen molar-refractivity contribution < 1.29 is 4.39 Å². The highest BCUT2D eigenvalue weighted by atomic mass is 19.1. The summed E-state index contributed by atoms with van der Waals surface area (Å²) in [6.07, 6.45) is 7.38. The van der Waals surface area contributed by atoms with Crippen LogP contribution in [0, 0.1) is 11.7 Å². The van der Waals surface area contributed by atoms with E-state index in [0.29, 0.717) is 0 Å². The van der Waals surface area contributed by atoms with Gasteiger partial charge in [0.1, 0.15) is 5.82 Å². The molecular weight excluding hydrogens is 265 g/mol. The molecule has 1 aromatic heterocycles. The number of nitrogens with zero attached hydrogens (tertiary/aromatic N) is 2. The van der Waals surface area contributed by atoms with Crippen molar-refractivity contribution in [2.24, 2.45) is 5.92 Å². The van der Waals surface area contributed by atoms with Gasteiger partial charge in [-0.2, -0.15) is 0 Å². The Morgan fingerprint density at radius 1 is 1.19 bits per heavy atom. The molecular formula is C17H20FN3. The lowest BCUT2D eigenvalue weighted by Crippen LogP contribution is -2.06. The topological polar surface area (TPSA) is 29.9 Å². The van der Waals surface area contributed by atoms with Crippen LogP contribution in [0.1, 0.15) is 36.9 Å². The van der Waals surface area contributed by atoms with Gasteiger partial charge in [0, 0.05) is 17.8 Å². The number of fused-ring (bicyclic) bond motifs is 1. The number of halogens is 1. The fourth-order valence-electron chi connectivity index (χ4n) is 3.18. The quantitative estimate of drug-likeness (QED) is 0.907. The van der Waals surface area contributed by atoms with E-state index in [-0.39, 0.29) is 5.82 Å². The molecule has 110 valence electrons. The van der Waals surface area contributed by atoms with E-state index in [1.54, 1.807) is 12.1 Å². The van der Waals surface area contributed by atoms with Gasteiger partial charge in [-0.1, -0.05) is 12.8 Å². The summed E-state index contributed by atoms with van der Waals surface area (Å²) in [5.41, 5.74) is 3.59. The number of rotatable bonds is 5. The van der Waals surface area contributed by atoms with Crippen molar-refractivity contribution in [1.82, 2.24) is 9.78 Å². The second-order valence-corrected chi connectivity index (χ2v) is 6.17. The van der Waals surface area contributed by atoms with E-state index in [1.807, 2.05) is 4.68 Å². The van der Waals surface area contributed by atoms with Gasteiger partial charge >= 0.3 is 0 Å². The molecule has 2 aliphatic rings. The minimum Gasteiger partial charge on any atom is -0.368 e. The van der Waals surface area contributed by atoms with Gasteiger partial charge in [-0.15, -0.1) is 5.10 Å². The molecule has 0 bridgehead atoms. The molecule has 0 aliphatic heterocycles. The third-order valence-electron chi connectivity index (χ3n) is 4.54. The van der Waals surface area contributed by atoms with Crippen molar-refractivity contribution >= 4 is 5.82 Å². The average Bonchev–Trinajstić information content (AvgIpc) is 3.07. The molecule has 3 nitrogen and oxygen atoms in total. The van der Waals surface area contributed by atoms with E-state index in [0.717, 1.165) is 36.8 Å². The molecule has 0 radical (unpaired) electrons. The highest BCUT2D eigenvalue weighted by Crippen LogP contribution is 2.33. The lowest BCUT2D eigenvalue weighted by atomic mass is 10.2. The second kappa shape index (κ2) is 5.17. The van der Waals surface area contributed by atoms with Crippen LogP contribution in [-0.4, -0.2) is 16.3 Å². The summed E-state index contributed by atoms with van der Waals surface area (Å²) >= 11 is 0. The SMILES string of the molecule is Fc1ccc(-n2nc(NCCC3CC3)c3c2CCC3)cc1. The molecule has 1 fully saturated rings. The van der Waals surface area contributed by atoms with Gasteiger partial charge in [-0.05, 0) is 55.9 Å². The zero-order valence-electron chi connectivity index (χ0n) is 12.1. The number of anilines is 1. The maximum Gasteiger partial charge on any atom is 0.151 e. The van der Waals surface area contributed by atoms with Crippen LogP contribution in [0.15, 0.2) is 24.3 Å². The summed E-state index contributed by atoms with van der Waals surface area (Å²) in [5.74, 6) is 1.77. The highest BCUT2D eigenvalue weighted by Gasteiger charge is 2.24. The van der Waals surface area contributed by atoms with Crippen LogP contribution in [0.5, 0.6) is 0 Å². The third-order valence-corrected chi connectivity index (χ3v) is 4.54. The van der Waals surface area contributed by atoms with Gasteiger partial charge in [0.2, 0.25) is 0 Å². The van der Waals surface area contributed by atoms with Gasteiger partial charge in [0.15, 0.2) is 5.82 Å². The molecule has 21 heavy (non-hydrogen) atoms. The minimum absolute atomic E-state index is 0.203. The van der Waals surface area contributed by atoms with Crippen LogP contribution in [0.2, 0.25) is 0 Å². The zero-order valence-corrected chi connectivity index (χ0v) is 12.1. The van der Waals surface area contributed by atoms with Crippen molar-refractivity contribution in [3.05, 3.63) is 41.3 Å². The third kappa shape index (κ3) is 2.55. The molecule has 4 rings (SSSR count). The van der Waals surface area contributed by atoms with Crippen molar-refractivity contribution in [3.8, 4) is 5.69 Å². The molecule has 0 unspecified atom stereocenters. The van der Waals surface area contributed by atoms with Crippen molar-refractivity contribution in [1.29, 1.82) is 0 Å². The second-order valence-electron chi connectivity index (χ2n) is 6.17. The van der Waals surface area contributed by atoms with E-state index in [1.165, 1.54) is 49.1 Å². The molecule has 2 aromatic rings. The van der Waals surface area contributed by atoms with Crippen molar-refractivity contribution in [3.63, 3.8) is 0 Å². The largest absolute Gasteiger partial charge is 0.368 e. The number of hydrogen-bond acceptors (Lipinski definition) is 2. The summed E-state index contributed by atoms with van der Waals surface area (Å²) in [7, 11) is 0. The fourth-order valence-corrected chi connectivity index (χ4v) is 3.18. The van der Waals surface area contributed by atoms with Gasteiger partial charge < -0.3 is 5.32 Å². The van der Waals surface area contributed by atoms with Crippen molar-refractivity contribution in [2.45, 2.75) is 38.5 Å². The summed E-state index contributed by atoms with van der Waals surface area (Å²) in [6, 6.07) is 6.60. The first kappa shape index (κ1) is 12.9. The minimum atomic E-state index is -0.203. The first-order valence-electron chi connectivity index (χ1n) is 7.92. The van der Waals surface area contributed by atoms with E-state index in [2.05, 4.69) is 5.32 Å². The van der Waals surface area contributed by atoms with Gasteiger partial charge in [0.25, 0.3) is 0 Å². The summed E-state index contributed by atoms with van der Waals surface area (Å²) in [5, 5.41) is 8.24. The van der Waals surface area contributed by atoms with Crippen LogP contribution >= 0.6 is 0 Å². The lowest BCUT2D eigenvalue weighted by Gasteiger charge is -2.05. The Morgan fingerprint density at radius 3 is 2.76 bits per heavy atom. The molecule has 1 N–H and O–H groups in total. The summed E-state index contributed by atoms with van der Waals surface area (Å²) in [6.45, 7) is 1.01. The first-order chi connectivity index (χ1) is 10.3. The van der Waals surface area contributed by atoms with Gasteiger partial charge in [-0.25, -0.2) is 9.07 Å². The van der Waals surface area contributed by atoms with E-state index < -0.39 is 0 Å². The molecule has 2 aliphatic carbocycles. The van der Waals surface area contributed by atoms with Crippen LogP contribution in [0.3, 0.4) is 0 Å². The van der Waals surface area contributed by atoms with E-state index in [9.17, 15) is 4.39 Å². The Labute approximate surface area is 124 Å². The maximum absolute atomic E-state index is 13.1. The summed E-state index contributed by atoms with van der Waals surface area (Å²) in [4.78, 5) is 0. The Bertz CT molecular complexity index is 641. The number of hydrogen-bond donors (Lipinski definition) is 1. The first-order valence-corrected chi connectivity index (χ1v) is 7.92. The molecule has 1 heterocycles. The predicted octanol–water partition coefficient (Wildman–Crippen LogP) is 3.71. The Morgan fingerprint density at radius 2 is 2.00 bits per heavy atom. The number of nitrogens with one attached hydrogen (secondary N) is 1. The Kier molecular flexibility index (Phi) is 3.17. The number of benzene rings is 1. The lowest BCUT2D eigenvalue weighted by molar-refractivity contribution is 0.626. The van der Waals surface area contributed by atoms with Crippen LogP contribution in [0.25, 0.3) is 5.69 Å². The summed E-state index contributed by atoms with van der Waals surface area (Å²) < 4.78 is 15.1. The maximum atomic E-state index is 13.1. The predicted molar refractivity (Wildman–Crippen MR) is 81.4 cm³/mol. The molecule has 1 aromatic carbocycles. The highest BCUT2D eigenvalue weighted by molar-refractivity contribution is 5.52. The fraction of sp³-hybridized carbons (Fsp3) is 0.471. The molecule has 0 atom stereocenters. The van der Waals surface area contributed by atoms with Crippen LogP contribution in [-0.2, 0) is 12.8 Å². The monoisotopic (exact) mass is 285 g/mol. The normalized spacial score (nSPS) is 17.0. The zero-order chi connectivity index (χ0) is 14.2. The standard InChI is InChI=1S/C17H20FN3/c18-13-6-8-14(9-7-13)21-16-3-1-2-15(16)17(20-21)19-11-10-12-4-5-12/h6-9,12H,1-5,10-11H2,(H,19,20). The average molecular weight is 285 g/mol. The molecule has 4 heteroatoms.